The van der Waals surface area contributed by atoms with Gasteiger partial charge in [0.15, 0.2) is 0 Å². The van der Waals surface area contributed by atoms with Crippen molar-refractivity contribution in [1.29, 1.82) is 0 Å². The van der Waals surface area contributed by atoms with E-state index in [1.54, 1.807) is 0 Å². The zero-order chi connectivity index (χ0) is 11.2. The lowest BCUT2D eigenvalue weighted by atomic mass is 9.94. The van der Waals surface area contributed by atoms with Gasteiger partial charge >= 0.3 is 0 Å². The average molecular weight is 223 g/mol. The molecule has 0 saturated carbocycles. The van der Waals surface area contributed by atoms with Crippen LogP contribution in [-0.2, 0) is 0 Å². The van der Waals surface area contributed by atoms with Gasteiger partial charge in [0, 0.05) is 0 Å². The quantitative estimate of drug-likeness (QED) is 0.769. The van der Waals surface area contributed by atoms with E-state index in [9.17, 15) is 0 Å². The van der Waals surface area contributed by atoms with Gasteiger partial charge in [-0.1, -0.05) is 13.3 Å². The molecular formula is C14H27N2. The molecule has 1 atom stereocenters. The van der Waals surface area contributed by atoms with Crippen LogP contribution in [0.4, 0.5) is 0 Å². The number of hydrogen-bond donors (Lipinski definition) is 1. The monoisotopic (exact) mass is 223 g/mol. The van der Waals surface area contributed by atoms with E-state index in [4.69, 9.17) is 0 Å². The van der Waals surface area contributed by atoms with Crippen LogP contribution < -0.4 is 5.32 Å². The Labute approximate surface area is 101 Å². The summed E-state index contributed by atoms with van der Waals surface area (Å²) in [5.74, 6) is 1.88. The molecule has 0 aromatic rings. The molecule has 2 heterocycles. The van der Waals surface area contributed by atoms with Crippen molar-refractivity contribution in [1.82, 2.24) is 10.2 Å². The largest absolute Gasteiger partial charge is 0.316 e. The van der Waals surface area contributed by atoms with Crippen LogP contribution in [0.25, 0.3) is 0 Å². The summed E-state index contributed by atoms with van der Waals surface area (Å²) >= 11 is 0. The van der Waals surface area contributed by atoms with E-state index in [1.807, 2.05) is 0 Å². The Morgan fingerprint density at radius 3 is 2.56 bits per heavy atom. The normalized spacial score (nSPS) is 28.7. The predicted molar refractivity (Wildman–Crippen MR) is 69.3 cm³/mol. The van der Waals surface area contributed by atoms with Crippen LogP contribution >= 0.6 is 0 Å². The smallest absolute Gasteiger partial charge is 0.00161 e. The van der Waals surface area contributed by atoms with Crippen LogP contribution in [0, 0.1) is 18.8 Å². The van der Waals surface area contributed by atoms with Gasteiger partial charge in [-0.25, -0.2) is 0 Å². The molecule has 0 amide bonds. The number of hydrogen-bond acceptors (Lipinski definition) is 2. The maximum absolute atomic E-state index is 4.02. The molecule has 2 nitrogen and oxygen atoms in total. The third-order valence-electron chi connectivity index (χ3n) is 4.36. The zero-order valence-electron chi connectivity index (χ0n) is 10.6. The fraction of sp³-hybridized carbons (Fsp3) is 0.929. The first-order valence-electron chi connectivity index (χ1n) is 7.11. The van der Waals surface area contributed by atoms with Gasteiger partial charge in [0.05, 0.1) is 0 Å². The maximum atomic E-state index is 4.02. The lowest BCUT2D eigenvalue weighted by molar-refractivity contribution is 0.180. The molecule has 0 bridgehead atoms. The summed E-state index contributed by atoms with van der Waals surface area (Å²) < 4.78 is 0. The first-order valence-corrected chi connectivity index (χ1v) is 7.11. The van der Waals surface area contributed by atoms with Crippen molar-refractivity contribution in [2.45, 2.75) is 38.5 Å². The van der Waals surface area contributed by atoms with Crippen molar-refractivity contribution < 1.29 is 0 Å². The fourth-order valence-corrected chi connectivity index (χ4v) is 3.06. The zero-order valence-corrected chi connectivity index (χ0v) is 10.6. The summed E-state index contributed by atoms with van der Waals surface area (Å²) in [5.41, 5.74) is 0. The molecule has 2 aliphatic heterocycles. The summed E-state index contributed by atoms with van der Waals surface area (Å²) in [7, 11) is 0. The van der Waals surface area contributed by atoms with Crippen molar-refractivity contribution in [3.8, 4) is 0 Å². The van der Waals surface area contributed by atoms with Gasteiger partial charge in [0.25, 0.3) is 0 Å². The molecule has 2 saturated heterocycles. The molecule has 16 heavy (non-hydrogen) atoms. The average Bonchev–Trinajstić information content (AvgIpc) is 2.83. The summed E-state index contributed by atoms with van der Waals surface area (Å²) in [6.45, 7) is 10.5. The van der Waals surface area contributed by atoms with Crippen LogP contribution in [0.3, 0.4) is 0 Å². The van der Waals surface area contributed by atoms with Crippen molar-refractivity contribution in [2.24, 2.45) is 11.8 Å². The molecule has 0 aromatic heterocycles. The molecule has 2 heteroatoms. The standard InChI is InChI=1S/C14H27N2/c1-2-13-6-10-16(11-7-13)9-3-4-14-5-8-15-12-14/h13-15H,1-12H2. The minimum absolute atomic E-state index is 0.912. The second kappa shape index (κ2) is 6.61. The Kier molecular flexibility index (Phi) is 5.11. The molecular weight excluding hydrogens is 196 g/mol. The molecule has 93 valence electrons. The van der Waals surface area contributed by atoms with Crippen molar-refractivity contribution in [2.75, 3.05) is 32.7 Å². The summed E-state index contributed by atoms with van der Waals surface area (Å²) in [6, 6.07) is 0. The van der Waals surface area contributed by atoms with E-state index in [1.165, 1.54) is 64.8 Å². The summed E-state index contributed by atoms with van der Waals surface area (Å²) in [5, 5.41) is 3.45. The van der Waals surface area contributed by atoms with Crippen LogP contribution in [0.1, 0.15) is 38.5 Å². The first kappa shape index (κ1) is 12.4. The molecule has 1 radical (unpaired) electrons. The Morgan fingerprint density at radius 2 is 1.94 bits per heavy atom. The lowest BCUT2D eigenvalue weighted by Crippen LogP contribution is -2.34. The Bertz CT molecular complexity index is 179. The van der Waals surface area contributed by atoms with Crippen LogP contribution in [0.5, 0.6) is 0 Å². The van der Waals surface area contributed by atoms with Gasteiger partial charge in [-0.05, 0) is 76.7 Å². The molecule has 2 fully saturated rings. The van der Waals surface area contributed by atoms with Crippen molar-refractivity contribution >= 4 is 0 Å². The molecule has 0 aliphatic carbocycles. The SMILES string of the molecule is [CH2]CC1CCN(CCCC2CCNC2)CC1. The van der Waals surface area contributed by atoms with E-state index in [0.29, 0.717) is 0 Å². The van der Waals surface area contributed by atoms with Crippen molar-refractivity contribution in [3.63, 3.8) is 0 Å². The molecule has 2 aliphatic rings. The predicted octanol–water partition coefficient (Wildman–Crippen LogP) is 2.31. The van der Waals surface area contributed by atoms with Gasteiger partial charge in [-0.3, -0.25) is 0 Å². The second-order valence-electron chi connectivity index (χ2n) is 5.57. The van der Waals surface area contributed by atoms with Gasteiger partial charge in [-0.2, -0.15) is 0 Å². The number of nitrogens with one attached hydrogen (secondary N) is 1. The molecule has 1 unspecified atom stereocenters. The molecule has 2 rings (SSSR count). The highest BCUT2D eigenvalue weighted by molar-refractivity contribution is 4.75. The minimum atomic E-state index is 0.912. The van der Waals surface area contributed by atoms with Crippen LogP contribution in [0.15, 0.2) is 0 Å². The van der Waals surface area contributed by atoms with E-state index >= 15 is 0 Å². The highest BCUT2D eigenvalue weighted by atomic mass is 15.1. The number of piperidine rings is 1. The molecule has 0 spiro atoms. The highest BCUT2D eigenvalue weighted by Crippen LogP contribution is 2.21. The van der Waals surface area contributed by atoms with Crippen molar-refractivity contribution in [3.05, 3.63) is 6.92 Å². The molecule has 0 aromatic carbocycles. The minimum Gasteiger partial charge on any atom is -0.316 e. The van der Waals surface area contributed by atoms with Gasteiger partial charge in [0.1, 0.15) is 0 Å². The number of nitrogens with zero attached hydrogens (tertiary/aromatic N) is 1. The molecule has 1 N–H and O–H groups in total. The number of rotatable bonds is 5. The highest BCUT2D eigenvalue weighted by Gasteiger charge is 2.18. The Balaban J connectivity index is 1.53. The summed E-state index contributed by atoms with van der Waals surface area (Å²) in [6.07, 6.45) is 8.15. The fourth-order valence-electron chi connectivity index (χ4n) is 3.06. The van der Waals surface area contributed by atoms with Gasteiger partial charge < -0.3 is 10.2 Å². The second-order valence-corrected chi connectivity index (χ2v) is 5.57. The van der Waals surface area contributed by atoms with Crippen LogP contribution in [-0.4, -0.2) is 37.6 Å². The van der Waals surface area contributed by atoms with E-state index in [2.05, 4.69) is 17.1 Å². The first-order chi connectivity index (χ1) is 7.88. The third-order valence-corrected chi connectivity index (χ3v) is 4.36. The lowest BCUT2D eigenvalue weighted by Gasteiger charge is -2.31. The van der Waals surface area contributed by atoms with E-state index in [-0.39, 0.29) is 0 Å². The Morgan fingerprint density at radius 1 is 1.12 bits per heavy atom. The topological polar surface area (TPSA) is 15.3 Å². The Hall–Kier alpha value is -0.0800. The third kappa shape index (κ3) is 3.74. The van der Waals surface area contributed by atoms with E-state index in [0.717, 1.165) is 18.3 Å². The number of likely N-dealkylation sites (tertiary alicyclic amines) is 1. The maximum Gasteiger partial charge on any atom is -0.00161 e. The van der Waals surface area contributed by atoms with Crippen LogP contribution in [0.2, 0.25) is 0 Å². The van der Waals surface area contributed by atoms with Gasteiger partial charge in [0.2, 0.25) is 0 Å². The van der Waals surface area contributed by atoms with E-state index < -0.39 is 0 Å². The van der Waals surface area contributed by atoms with Gasteiger partial charge in [-0.15, -0.1) is 0 Å². The summed E-state index contributed by atoms with van der Waals surface area (Å²) in [4.78, 5) is 2.66.